The van der Waals surface area contributed by atoms with Crippen molar-refractivity contribution in [3.63, 3.8) is 0 Å². The van der Waals surface area contributed by atoms with Gasteiger partial charge >= 0.3 is 0 Å². The number of fused-ring (bicyclic) bond motifs is 1. The Balaban J connectivity index is 1.79. The number of amides is 1. The zero-order valence-corrected chi connectivity index (χ0v) is 10.4. The lowest BCUT2D eigenvalue weighted by atomic mass is 10.1. The molecule has 3 heterocycles. The molecule has 0 aromatic carbocycles. The normalized spacial score (nSPS) is 26.9. The van der Waals surface area contributed by atoms with Crippen molar-refractivity contribution in [3.05, 3.63) is 18.3 Å². The van der Waals surface area contributed by atoms with Crippen LogP contribution in [0, 0.1) is 0 Å². The molecular formula is C13H17N3O2. The van der Waals surface area contributed by atoms with Crippen molar-refractivity contribution in [2.75, 3.05) is 18.5 Å². The van der Waals surface area contributed by atoms with Crippen LogP contribution in [0.25, 0.3) is 0 Å². The maximum atomic E-state index is 12.2. The lowest BCUT2D eigenvalue weighted by molar-refractivity contribution is -0.126. The van der Waals surface area contributed by atoms with Crippen LogP contribution in [0.3, 0.4) is 0 Å². The largest absolute Gasteiger partial charge is 0.477 e. The number of nitrogens with one attached hydrogen (secondary N) is 1. The summed E-state index contributed by atoms with van der Waals surface area (Å²) in [6.07, 6.45) is 4.32. The summed E-state index contributed by atoms with van der Waals surface area (Å²) in [5.41, 5.74) is 0. The van der Waals surface area contributed by atoms with E-state index in [2.05, 4.69) is 10.3 Å². The second-order valence-electron chi connectivity index (χ2n) is 4.86. The first-order chi connectivity index (χ1) is 8.75. The van der Waals surface area contributed by atoms with E-state index in [1.807, 2.05) is 12.1 Å². The second-order valence-corrected chi connectivity index (χ2v) is 4.86. The molecule has 2 atom stereocenters. The van der Waals surface area contributed by atoms with Gasteiger partial charge in [0.05, 0.1) is 0 Å². The highest BCUT2D eigenvalue weighted by Crippen LogP contribution is 2.31. The molecule has 0 saturated carbocycles. The Morgan fingerprint density at radius 3 is 3.28 bits per heavy atom. The molecule has 1 aromatic heterocycles. The molecule has 1 N–H and O–H groups in total. The number of nitrogens with zero attached hydrogens (tertiary/aromatic N) is 2. The van der Waals surface area contributed by atoms with E-state index in [9.17, 15) is 4.79 Å². The van der Waals surface area contributed by atoms with E-state index in [-0.39, 0.29) is 12.0 Å². The number of ether oxygens (including phenoxy) is 1. The van der Waals surface area contributed by atoms with Crippen molar-refractivity contribution < 1.29 is 9.53 Å². The Bertz CT molecular complexity index is 457. The standard InChI is InChI=1S/C13H17N3O2/c1-16-12-10(5-3-7-15-12)18-11(13(16)17)8-9-4-2-6-14-9/h3,5,7,9,11,14H,2,4,6,8H2,1H3. The predicted molar refractivity (Wildman–Crippen MR) is 67.7 cm³/mol. The van der Waals surface area contributed by atoms with E-state index in [1.165, 1.54) is 6.42 Å². The van der Waals surface area contributed by atoms with Crippen LogP contribution in [0.2, 0.25) is 0 Å². The summed E-state index contributed by atoms with van der Waals surface area (Å²) >= 11 is 0. The van der Waals surface area contributed by atoms with Gasteiger partial charge in [-0.15, -0.1) is 0 Å². The Labute approximate surface area is 106 Å². The van der Waals surface area contributed by atoms with E-state index in [4.69, 9.17) is 4.74 Å². The number of likely N-dealkylation sites (N-methyl/N-ethyl adjacent to an activating group) is 1. The Morgan fingerprint density at radius 1 is 1.61 bits per heavy atom. The number of anilines is 1. The fourth-order valence-corrected chi connectivity index (χ4v) is 2.62. The van der Waals surface area contributed by atoms with E-state index in [0.717, 1.165) is 19.4 Å². The highest BCUT2D eigenvalue weighted by Gasteiger charge is 2.35. The quantitative estimate of drug-likeness (QED) is 0.845. The molecule has 1 fully saturated rings. The maximum absolute atomic E-state index is 12.2. The summed E-state index contributed by atoms with van der Waals surface area (Å²) < 4.78 is 5.78. The minimum Gasteiger partial charge on any atom is -0.477 e. The van der Waals surface area contributed by atoms with Gasteiger partial charge in [-0.25, -0.2) is 4.98 Å². The van der Waals surface area contributed by atoms with Gasteiger partial charge in [-0.05, 0) is 31.5 Å². The minimum absolute atomic E-state index is 0.00472. The van der Waals surface area contributed by atoms with Gasteiger partial charge in [0, 0.05) is 25.7 Å². The molecule has 5 heteroatoms. The lowest BCUT2D eigenvalue weighted by Crippen LogP contribution is -2.46. The molecule has 5 nitrogen and oxygen atoms in total. The van der Waals surface area contributed by atoms with Crippen molar-refractivity contribution in [2.45, 2.75) is 31.4 Å². The van der Waals surface area contributed by atoms with E-state index >= 15 is 0 Å². The van der Waals surface area contributed by atoms with Crippen LogP contribution >= 0.6 is 0 Å². The maximum Gasteiger partial charge on any atom is 0.269 e. The third kappa shape index (κ3) is 1.95. The number of carbonyl (C=O) groups is 1. The van der Waals surface area contributed by atoms with Crippen molar-refractivity contribution in [3.8, 4) is 5.75 Å². The van der Waals surface area contributed by atoms with Gasteiger partial charge in [0.2, 0.25) is 0 Å². The number of hydrogen-bond acceptors (Lipinski definition) is 4. The molecule has 2 unspecified atom stereocenters. The van der Waals surface area contributed by atoms with Crippen LogP contribution < -0.4 is 15.0 Å². The van der Waals surface area contributed by atoms with Crippen LogP contribution in [-0.4, -0.2) is 36.6 Å². The smallest absolute Gasteiger partial charge is 0.269 e. The lowest BCUT2D eigenvalue weighted by Gasteiger charge is -2.31. The van der Waals surface area contributed by atoms with Gasteiger partial charge in [-0.2, -0.15) is 0 Å². The summed E-state index contributed by atoms with van der Waals surface area (Å²) in [6.45, 7) is 1.04. The first-order valence-corrected chi connectivity index (χ1v) is 6.38. The number of aromatic nitrogens is 1. The van der Waals surface area contributed by atoms with Crippen LogP contribution in [0.4, 0.5) is 5.82 Å². The summed E-state index contributed by atoms with van der Waals surface area (Å²) in [5, 5.41) is 3.40. The highest BCUT2D eigenvalue weighted by molar-refractivity contribution is 5.98. The molecule has 18 heavy (non-hydrogen) atoms. The van der Waals surface area contributed by atoms with Crippen LogP contribution in [0.1, 0.15) is 19.3 Å². The Morgan fingerprint density at radius 2 is 2.50 bits per heavy atom. The van der Waals surface area contributed by atoms with Gasteiger partial charge in [0.1, 0.15) is 0 Å². The molecule has 0 aliphatic carbocycles. The molecule has 3 rings (SSSR count). The predicted octanol–water partition coefficient (Wildman–Crippen LogP) is 0.947. The second kappa shape index (κ2) is 4.57. The number of pyridine rings is 1. The number of hydrogen-bond donors (Lipinski definition) is 1. The van der Waals surface area contributed by atoms with Crippen LogP contribution in [-0.2, 0) is 4.79 Å². The summed E-state index contributed by atoms with van der Waals surface area (Å²) in [7, 11) is 1.76. The molecule has 1 aromatic rings. The zero-order chi connectivity index (χ0) is 12.5. The fraction of sp³-hybridized carbons (Fsp3) is 0.538. The average Bonchev–Trinajstić information content (AvgIpc) is 2.89. The summed E-state index contributed by atoms with van der Waals surface area (Å²) in [4.78, 5) is 18.0. The molecule has 96 valence electrons. The van der Waals surface area contributed by atoms with Crippen molar-refractivity contribution >= 4 is 11.7 Å². The first-order valence-electron chi connectivity index (χ1n) is 6.38. The van der Waals surface area contributed by atoms with E-state index in [0.29, 0.717) is 17.6 Å². The van der Waals surface area contributed by atoms with Gasteiger partial charge in [0.25, 0.3) is 5.91 Å². The molecular weight excluding hydrogens is 230 g/mol. The molecule has 2 aliphatic heterocycles. The van der Waals surface area contributed by atoms with E-state index in [1.54, 1.807) is 18.1 Å². The topological polar surface area (TPSA) is 54.5 Å². The SMILES string of the molecule is CN1C(=O)C(CC2CCCN2)Oc2cccnc21. The molecule has 1 amide bonds. The zero-order valence-electron chi connectivity index (χ0n) is 10.4. The van der Waals surface area contributed by atoms with E-state index < -0.39 is 0 Å². The summed E-state index contributed by atoms with van der Waals surface area (Å²) in [6, 6.07) is 4.08. The van der Waals surface area contributed by atoms with Gasteiger partial charge < -0.3 is 10.1 Å². The first kappa shape index (κ1) is 11.5. The minimum atomic E-state index is -0.387. The molecule has 1 saturated heterocycles. The van der Waals surface area contributed by atoms with Gasteiger partial charge in [0.15, 0.2) is 17.7 Å². The van der Waals surface area contributed by atoms with Crippen LogP contribution in [0.15, 0.2) is 18.3 Å². The van der Waals surface area contributed by atoms with Crippen molar-refractivity contribution in [2.24, 2.45) is 0 Å². The molecule has 2 aliphatic rings. The van der Waals surface area contributed by atoms with Crippen LogP contribution in [0.5, 0.6) is 5.75 Å². The Kier molecular flexibility index (Phi) is 2.91. The number of carbonyl (C=O) groups excluding carboxylic acids is 1. The average molecular weight is 247 g/mol. The number of rotatable bonds is 2. The van der Waals surface area contributed by atoms with Crippen molar-refractivity contribution in [1.82, 2.24) is 10.3 Å². The summed E-state index contributed by atoms with van der Waals surface area (Å²) in [5.74, 6) is 1.30. The molecule has 0 bridgehead atoms. The monoisotopic (exact) mass is 247 g/mol. The third-order valence-electron chi connectivity index (χ3n) is 3.60. The Hall–Kier alpha value is -1.62. The molecule has 0 radical (unpaired) electrons. The highest BCUT2D eigenvalue weighted by atomic mass is 16.5. The van der Waals surface area contributed by atoms with Gasteiger partial charge in [-0.3, -0.25) is 9.69 Å². The van der Waals surface area contributed by atoms with Crippen molar-refractivity contribution in [1.29, 1.82) is 0 Å². The third-order valence-corrected chi connectivity index (χ3v) is 3.60. The molecule has 0 spiro atoms. The fourth-order valence-electron chi connectivity index (χ4n) is 2.62. The van der Waals surface area contributed by atoms with Gasteiger partial charge in [-0.1, -0.05) is 0 Å².